The van der Waals surface area contributed by atoms with Gasteiger partial charge in [-0.05, 0) is 47.3 Å². The molecule has 1 fully saturated rings. The molecule has 5 heteroatoms. The van der Waals surface area contributed by atoms with Gasteiger partial charge in [0.25, 0.3) is 0 Å². The van der Waals surface area contributed by atoms with Crippen molar-refractivity contribution in [1.82, 2.24) is 9.80 Å². The van der Waals surface area contributed by atoms with Crippen LogP contribution in [0.1, 0.15) is 54.6 Å². The predicted octanol–water partition coefficient (Wildman–Crippen LogP) is 6.13. The summed E-state index contributed by atoms with van der Waals surface area (Å²) in [5, 5.41) is 9.37. The highest BCUT2D eigenvalue weighted by atomic mass is 28.3. The van der Waals surface area contributed by atoms with Gasteiger partial charge in [-0.15, -0.1) is 0 Å². The Balaban J connectivity index is 1.70. The molecule has 4 nitrogen and oxygen atoms in total. The number of benzene rings is 3. The highest BCUT2D eigenvalue weighted by molar-refractivity contribution is 6.49. The van der Waals surface area contributed by atoms with Crippen molar-refractivity contribution in [2.45, 2.75) is 51.9 Å². The number of piperazine rings is 1. The molecule has 1 atom stereocenters. The van der Waals surface area contributed by atoms with Crippen LogP contribution in [0.4, 0.5) is 0 Å². The fraction of sp³-hybridized carbons (Fsp3) is 0.387. The number of nitriles is 1. The van der Waals surface area contributed by atoms with Gasteiger partial charge in [-0.1, -0.05) is 81.4 Å². The van der Waals surface area contributed by atoms with Crippen molar-refractivity contribution in [3.8, 4) is 11.8 Å². The number of hydrogen-bond donors (Lipinski definition) is 0. The minimum Gasteiger partial charge on any atom is -0.547 e. The van der Waals surface area contributed by atoms with E-state index in [1.807, 2.05) is 12.1 Å². The molecule has 1 heterocycles. The van der Waals surface area contributed by atoms with Gasteiger partial charge < -0.3 is 4.43 Å². The van der Waals surface area contributed by atoms with E-state index in [1.54, 1.807) is 0 Å². The fourth-order valence-corrected chi connectivity index (χ4v) is 5.81. The Morgan fingerprint density at radius 3 is 2.14 bits per heavy atom. The van der Waals surface area contributed by atoms with Gasteiger partial charge in [0.2, 0.25) is 9.04 Å². The zero-order valence-corrected chi connectivity index (χ0v) is 23.5. The second-order valence-corrected chi connectivity index (χ2v) is 13.4. The minimum absolute atomic E-state index is 0.0156. The summed E-state index contributed by atoms with van der Waals surface area (Å²) < 4.78 is 6.69. The summed E-state index contributed by atoms with van der Waals surface area (Å²) in [4.78, 5) is 5.14. The van der Waals surface area contributed by atoms with Gasteiger partial charge in [0.1, 0.15) is 5.75 Å². The van der Waals surface area contributed by atoms with E-state index in [-0.39, 0.29) is 11.5 Å². The molecule has 1 unspecified atom stereocenters. The summed E-state index contributed by atoms with van der Waals surface area (Å²) >= 11 is 0. The van der Waals surface area contributed by atoms with Crippen LogP contribution in [-0.4, -0.2) is 45.0 Å². The molecule has 0 spiro atoms. The van der Waals surface area contributed by atoms with Gasteiger partial charge in [0, 0.05) is 38.3 Å². The smallest absolute Gasteiger partial charge is 0.229 e. The lowest BCUT2D eigenvalue weighted by molar-refractivity contribution is 0.104. The van der Waals surface area contributed by atoms with Crippen molar-refractivity contribution in [2.24, 2.45) is 0 Å². The molecular formula is C31H39N3OSi. The molecule has 0 radical (unpaired) electrons. The first kappa shape index (κ1) is 26.2. The average molecular weight is 498 g/mol. The molecule has 36 heavy (non-hydrogen) atoms. The lowest BCUT2D eigenvalue weighted by Gasteiger charge is -2.41. The molecule has 3 aromatic carbocycles. The van der Waals surface area contributed by atoms with Gasteiger partial charge in [0.15, 0.2) is 0 Å². The fourth-order valence-electron chi connectivity index (χ4n) is 5.08. The number of para-hydroxylation sites is 1. The molecule has 1 saturated heterocycles. The summed E-state index contributed by atoms with van der Waals surface area (Å²) in [6.07, 6.45) is 0. The third-order valence-corrected chi connectivity index (χ3v) is 7.59. The molecule has 3 aromatic rings. The Kier molecular flexibility index (Phi) is 8.30. The standard InChI is InChI=1S/C31H39N3OSi/c1-31(2,3)28-13-9-12-27(30(28)35-36(4)5)29(26-16-14-24(22-32)15-17-26)34-20-18-33(19-21-34)23-25-10-7-6-8-11-25/h6-17,29,36H,18-21,23H2,1-5H3. The van der Waals surface area contributed by atoms with Crippen LogP contribution in [0.15, 0.2) is 72.8 Å². The molecule has 0 N–H and O–H groups in total. The summed E-state index contributed by atoms with van der Waals surface area (Å²) in [5.74, 6) is 1.06. The van der Waals surface area contributed by atoms with Crippen LogP contribution in [-0.2, 0) is 12.0 Å². The average Bonchev–Trinajstić information content (AvgIpc) is 2.86. The highest BCUT2D eigenvalue weighted by Gasteiger charge is 2.31. The van der Waals surface area contributed by atoms with E-state index in [9.17, 15) is 5.26 Å². The maximum Gasteiger partial charge on any atom is 0.229 e. The van der Waals surface area contributed by atoms with Crippen molar-refractivity contribution in [1.29, 1.82) is 5.26 Å². The van der Waals surface area contributed by atoms with Gasteiger partial charge in [-0.25, -0.2) is 0 Å². The van der Waals surface area contributed by atoms with E-state index < -0.39 is 9.04 Å². The zero-order valence-electron chi connectivity index (χ0n) is 22.4. The first-order valence-electron chi connectivity index (χ1n) is 13.1. The predicted molar refractivity (Wildman–Crippen MR) is 151 cm³/mol. The Morgan fingerprint density at radius 2 is 1.56 bits per heavy atom. The Morgan fingerprint density at radius 1 is 0.889 bits per heavy atom. The van der Waals surface area contributed by atoms with Crippen molar-refractivity contribution >= 4 is 9.04 Å². The van der Waals surface area contributed by atoms with E-state index in [2.05, 4.69) is 110 Å². The minimum atomic E-state index is -1.34. The van der Waals surface area contributed by atoms with E-state index in [4.69, 9.17) is 4.43 Å². The molecule has 0 amide bonds. The quantitative estimate of drug-likeness (QED) is 0.368. The monoisotopic (exact) mass is 497 g/mol. The van der Waals surface area contributed by atoms with Crippen molar-refractivity contribution < 1.29 is 4.43 Å². The molecule has 0 saturated carbocycles. The van der Waals surface area contributed by atoms with E-state index in [0.29, 0.717) is 5.56 Å². The van der Waals surface area contributed by atoms with Gasteiger partial charge in [-0.3, -0.25) is 9.80 Å². The number of hydrogen-bond acceptors (Lipinski definition) is 4. The Hall–Kier alpha value is -2.91. The van der Waals surface area contributed by atoms with E-state index >= 15 is 0 Å². The second-order valence-electron chi connectivity index (χ2n) is 11.1. The van der Waals surface area contributed by atoms with Crippen LogP contribution >= 0.6 is 0 Å². The van der Waals surface area contributed by atoms with E-state index in [1.165, 1.54) is 22.3 Å². The second kappa shape index (κ2) is 11.4. The maximum atomic E-state index is 9.37. The van der Waals surface area contributed by atoms with Crippen molar-refractivity contribution in [3.05, 3.63) is 101 Å². The molecule has 0 aromatic heterocycles. The summed E-state index contributed by atoms with van der Waals surface area (Å²) in [6.45, 7) is 16.3. The molecule has 0 aliphatic carbocycles. The van der Waals surface area contributed by atoms with Crippen LogP contribution in [0.5, 0.6) is 5.75 Å². The Bertz CT molecular complexity index is 1170. The van der Waals surface area contributed by atoms with Crippen LogP contribution in [0, 0.1) is 11.3 Å². The van der Waals surface area contributed by atoms with Gasteiger partial charge in [-0.2, -0.15) is 5.26 Å². The van der Waals surface area contributed by atoms with E-state index in [0.717, 1.165) is 38.5 Å². The molecule has 1 aliphatic rings. The SMILES string of the molecule is C[SiH](C)Oc1c(C(c2ccc(C#N)cc2)N2CCN(Cc3ccccc3)CC2)cccc1C(C)(C)C. The topological polar surface area (TPSA) is 39.5 Å². The summed E-state index contributed by atoms with van der Waals surface area (Å²) in [5.41, 5.74) is 5.77. The molecule has 0 bridgehead atoms. The number of nitrogens with zero attached hydrogens (tertiary/aromatic N) is 3. The van der Waals surface area contributed by atoms with Crippen molar-refractivity contribution in [2.75, 3.05) is 26.2 Å². The summed E-state index contributed by atoms with van der Waals surface area (Å²) in [6, 6.07) is 27.9. The van der Waals surface area contributed by atoms with Crippen molar-refractivity contribution in [3.63, 3.8) is 0 Å². The largest absolute Gasteiger partial charge is 0.547 e. The highest BCUT2D eigenvalue weighted by Crippen LogP contribution is 2.41. The Labute approximate surface area is 218 Å². The molecular weight excluding hydrogens is 458 g/mol. The molecule has 4 rings (SSSR count). The van der Waals surface area contributed by atoms with Crippen LogP contribution in [0.3, 0.4) is 0 Å². The maximum absolute atomic E-state index is 9.37. The van der Waals surface area contributed by atoms with Crippen LogP contribution in [0.2, 0.25) is 13.1 Å². The lowest BCUT2D eigenvalue weighted by Crippen LogP contribution is -2.47. The molecule has 1 aliphatic heterocycles. The third-order valence-electron chi connectivity index (χ3n) is 6.88. The van der Waals surface area contributed by atoms with Crippen LogP contribution < -0.4 is 4.43 Å². The summed E-state index contributed by atoms with van der Waals surface area (Å²) in [7, 11) is -1.34. The number of rotatable bonds is 7. The third kappa shape index (κ3) is 6.25. The zero-order chi connectivity index (χ0) is 25.7. The van der Waals surface area contributed by atoms with Gasteiger partial charge >= 0.3 is 0 Å². The van der Waals surface area contributed by atoms with Crippen LogP contribution in [0.25, 0.3) is 0 Å². The normalized spacial score (nSPS) is 16.0. The molecule has 188 valence electrons. The lowest BCUT2D eigenvalue weighted by atomic mass is 9.83. The first-order chi connectivity index (χ1) is 17.3. The first-order valence-corrected chi connectivity index (χ1v) is 15.8. The van der Waals surface area contributed by atoms with Gasteiger partial charge in [0.05, 0.1) is 17.7 Å².